The first-order valence-electron chi connectivity index (χ1n) is 9.40. The maximum Gasteiger partial charge on any atom is 0.412 e. The van der Waals surface area contributed by atoms with E-state index in [1.807, 2.05) is 17.0 Å². The molecule has 0 atom stereocenters. The number of amides is 2. The molecule has 0 aromatic heterocycles. The van der Waals surface area contributed by atoms with Gasteiger partial charge in [-0.2, -0.15) is 0 Å². The summed E-state index contributed by atoms with van der Waals surface area (Å²) in [5.74, 6) is 1.15. The third kappa shape index (κ3) is 7.24. The highest BCUT2D eigenvalue weighted by molar-refractivity contribution is 8.12. The normalized spacial score (nSPS) is 17.7. The molecule has 0 radical (unpaired) electrons. The first-order chi connectivity index (χ1) is 12.7. The van der Waals surface area contributed by atoms with E-state index in [-0.39, 0.29) is 29.8 Å². The molecule has 0 unspecified atom stereocenters. The monoisotopic (exact) mass is 413 g/mol. The van der Waals surface area contributed by atoms with E-state index < -0.39 is 0 Å². The smallest absolute Gasteiger partial charge is 0.410 e. The molecule has 2 aliphatic rings. The van der Waals surface area contributed by atoms with Gasteiger partial charge in [0.1, 0.15) is 5.75 Å². The van der Waals surface area contributed by atoms with Crippen LogP contribution in [0.15, 0.2) is 24.3 Å². The lowest BCUT2D eigenvalue weighted by Gasteiger charge is -2.26. The fourth-order valence-corrected chi connectivity index (χ4v) is 4.14. The summed E-state index contributed by atoms with van der Waals surface area (Å²) in [4.78, 5) is 26.0. The fourth-order valence-electron chi connectivity index (χ4n) is 3.29. The molecule has 0 bridgehead atoms. The molecule has 3 rings (SSSR count). The Kier molecular flexibility index (Phi) is 9.24. The van der Waals surface area contributed by atoms with Crippen LogP contribution in [-0.4, -0.2) is 48.5 Å². The summed E-state index contributed by atoms with van der Waals surface area (Å²) in [6.45, 7) is 3.27. The van der Waals surface area contributed by atoms with E-state index in [1.54, 1.807) is 12.1 Å². The van der Waals surface area contributed by atoms with Gasteiger partial charge in [-0.05, 0) is 30.5 Å². The number of rotatable bonds is 4. The minimum Gasteiger partial charge on any atom is -0.410 e. The van der Waals surface area contributed by atoms with Crippen LogP contribution in [0.1, 0.15) is 37.7 Å². The summed E-state index contributed by atoms with van der Waals surface area (Å²) in [6, 6.07) is 7.61. The average Bonchev–Trinajstić information content (AvgIpc) is 2.68. The summed E-state index contributed by atoms with van der Waals surface area (Å²) >= 11 is 1.32. The second kappa shape index (κ2) is 11.4. The van der Waals surface area contributed by atoms with Crippen molar-refractivity contribution < 1.29 is 14.3 Å². The Hall–Kier alpha value is -1.44. The van der Waals surface area contributed by atoms with E-state index in [0.717, 1.165) is 44.6 Å². The molecule has 2 amide bonds. The first kappa shape index (κ1) is 21.9. The van der Waals surface area contributed by atoms with Gasteiger partial charge in [-0.3, -0.25) is 4.79 Å². The van der Waals surface area contributed by atoms with Crippen LogP contribution in [-0.2, 0) is 5.75 Å². The number of ether oxygens (including phenoxy) is 1. The summed E-state index contributed by atoms with van der Waals surface area (Å²) < 4.78 is 5.35. The standard InChI is InChI=1S/C19H27N3O3S.ClH/c23-18(21-16-4-2-1-3-5-16)25-17-8-6-15(7-9-17)14-26-19(24)22-12-10-20-11-13-22;/h6-9,16,20H,1-5,10-14H2,(H,21,23);1H. The Bertz CT molecular complexity index is 603. The minimum atomic E-state index is -0.382. The third-order valence-corrected chi connectivity index (χ3v) is 5.78. The number of hydrogen-bond acceptors (Lipinski definition) is 5. The predicted octanol–water partition coefficient (Wildman–Crippen LogP) is 3.79. The SMILES string of the molecule is Cl.O=C(NC1CCCCC1)Oc1ccc(CSC(=O)N2CCNCC2)cc1. The molecule has 1 heterocycles. The largest absolute Gasteiger partial charge is 0.412 e. The van der Waals surface area contributed by atoms with Crippen LogP contribution in [0.2, 0.25) is 0 Å². The summed E-state index contributed by atoms with van der Waals surface area (Å²) in [5, 5.41) is 6.30. The van der Waals surface area contributed by atoms with E-state index in [9.17, 15) is 9.59 Å². The molecule has 1 saturated heterocycles. The van der Waals surface area contributed by atoms with Crippen LogP contribution < -0.4 is 15.4 Å². The van der Waals surface area contributed by atoms with E-state index in [1.165, 1.54) is 31.0 Å². The molecular formula is C19H28ClN3O3S. The van der Waals surface area contributed by atoms with Crippen LogP contribution in [0, 0.1) is 0 Å². The highest BCUT2D eigenvalue weighted by Crippen LogP contribution is 2.20. The molecule has 8 heteroatoms. The number of carbonyl (C=O) groups excluding carboxylic acids is 2. The molecule has 27 heavy (non-hydrogen) atoms. The van der Waals surface area contributed by atoms with Crippen LogP contribution in [0.5, 0.6) is 5.75 Å². The molecule has 1 aromatic carbocycles. The number of halogens is 1. The Morgan fingerprint density at radius 1 is 1.11 bits per heavy atom. The highest BCUT2D eigenvalue weighted by Gasteiger charge is 2.18. The molecule has 1 aliphatic carbocycles. The van der Waals surface area contributed by atoms with Gasteiger partial charge in [0, 0.05) is 38.0 Å². The van der Waals surface area contributed by atoms with Crippen molar-refractivity contribution in [3.63, 3.8) is 0 Å². The van der Waals surface area contributed by atoms with Crippen LogP contribution >= 0.6 is 24.2 Å². The maximum atomic E-state index is 12.2. The fraction of sp³-hybridized carbons (Fsp3) is 0.579. The number of hydrogen-bond donors (Lipinski definition) is 2. The zero-order chi connectivity index (χ0) is 18.2. The van der Waals surface area contributed by atoms with Gasteiger partial charge < -0.3 is 20.3 Å². The van der Waals surface area contributed by atoms with Crippen molar-refractivity contribution in [3.8, 4) is 5.75 Å². The molecule has 150 valence electrons. The molecule has 0 spiro atoms. The van der Waals surface area contributed by atoms with E-state index >= 15 is 0 Å². The zero-order valence-corrected chi connectivity index (χ0v) is 17.1. The lowest BCUT2D eigenvalue weighted by atomic mass is 9.96. The van der Waals surface area contributed by atoms with E-state index in [2.05, 4.69) is 10.6 Å². The Balaban J connectivity index is 0.00000261. The van der Waals surface area contributed by atoms with Crippen molar-refractivity contribution in [1.29, 1.82) is 0 Å². The van der Waals surface area contributed by atoms with Crippen LogP contribution in [0.3, 0.4) is 0 Å². The lowest BCUT2D eigenvalue weighted by molar-refractivity contribution is 0.192. The Labute approximate surface area is 171 Å². The number of benzene rings is 1. The van der Waals surface area contributed by atoms with Gasteiger partial charge in [0.25, 0.3) is 5.24 Å². The number of thioether (sulfide) groups is 1. The lowest BCUT2D eigenvalue weighted by Crippen LogP contribution is -2.45. The summed E-state index contributed by atoms with van der Waals surface area (Å²) in [5.41, 5.74) is 1.04. The Morgan fingerprint density at radius 3 is 2.44 bits per heavy atom. The van der Waals surface area contributed by atoms with Gasteiger partial charge in [-0.15, -0.1) is 12.4 Å². The van der Waals surface area contributed by atoms with Crippen molar-refractivity contribution >= 4 is 35.5 Å². The molecular weight excluding hydrogens is 386 g/mol. The maximum absolute atomic E-state index is 12.2. The van der Waals surface area contributed by atoms with Gasteiger partial charge >= 0.3 is 6.09 Å². The average molecular weight is 414 g/mol. The van der Waals surface area contributed by atoms with Crippen molar-refractivity contribution in [3.05, 3.63) is 29.8 Å². The third-order valence-electron chi connectivity index (χ3n) is 4.80. The van der Waals surface area contributed by atoms with Gasteiger partial charge in [0.05, 0.1) is 0 Å². The number of carbonyl (C=O) groups is 2. The first-order valence-corrected chi connectivity index (χ1v) is 10.4. The van der Waals surface area contributed by atoms with E-state index in [0.29, 0.717) is 11.5 Å². The van der Waals surface area contributed by atoms with Gasteiger partial charge in [0.2, 0.25) is 0 Å². The quantitative estimate of drug-likeness (QED) is 0.785. The van der Waals surface area contributed by atoms with Crippen LogP contribution in [0.4, 0.5) is 9.59 Å². The number of piperazine rings is 1. The Morgan fingerprint density at radius 2 is 1.78 bits per heavy atom. The summed E-state index contributed by atoms with van der Waals surface area (Å²) in [7, 11) is 0. The summed E-state index contributed by atoms with van der Waals surface area (Å²) in [6.07, 6.45) is 5.28. The van der Waals surface area contributed by atoms with Crippen molar-refractivity contribution in [2.45, 2.75) is 43.9 Å². The molecule has 1 aliphatic heterocycles. The molecule has 2 N–H and O–H groups in total. The molecule has 2 fully saturated rings. The van der Waals surface area contributed by atoms with Crippen molar-refractivity contribution in [2.24, 2.45) is 0 Å². The minimum absolute atomic E-state index is 0. The number of nitrogens with one attached hydrogen (secondary N) is 2. The second-order valence-corrected chi connectivity index (χ2v) is 7.73. The van der Waals surface area contributed by atoms with Gasteiger partial charge in [-0.25, -0.2) is 4.79 Å². The highest BCUT2D eigenvalue weighted by atomic mass is 35.5. The molecule has 6 nitrogen and oxygen atoms in total. The van der Waals surface area contributed by atoms with Gasteiger partial charge in [0.15, 0.2) is 0 Å². The predicted molar refractivity (Wildman–Crippen MR) is 111 cm³/mol. The topological polar surface area (TPSA) is 70.7 Å². The van der Waals surface area contributed by atoms with Crippen molar-refractivity contribution in [2.75, 3.05) is 26.2 Å². The number of nitrogens with zero attached hydrogens (tertiary/aromatic N) is 1. The second-order valence-electron chi connectivity index (χ2n) is 6.80. The van der Waals surface area contributed by atoms with Crippen LogP contribution in [0.25, 0.3) is 0 Å². The van der Waals surface area contributed by atoms with Crippen molar-refractivity contribution in [1.82, 2.24) is 15.5 Å². The molecule has 1 saturated carbocycles. The zero-order valence-electron chi connectivity index (χ0n) is 15.4. The molecule has 1 aromatic rings. The van der Waals surface area contributed by atoms with Gasteiger partial charge in [-0.1, -0.05) is 43.2 Å². The van der Waals surface area contributed by atoms with E-state index in [4.69, 9.17) is 4.74 Å².